The molecule has 8 heteroatoms. The Morgan fingerprint density at radius 3 is 2.60 bits per heavy atom. The number of hydrogen-bond donors (Lipinski definition) is 1. The lowest BCUT2D eigenvalue weighted by molar-refractivity contribution is -0.133. The minimum atomic E-state index is -0.684. The predicted octanol–water partition coefficient (Wildman–Crippen LogP) is 0.0206. The van der Waals surface area contributed by atoms with Gasteiger partial charge in [-0.25, -0.2) is 9.18 Å². The maximum absolute atomic E-state index is 13.1. The summed E-state index contributed by atoms with van der Waals surface area (Å²) in [6.07, 6.45) is 0.942. The van der Waals surface area contributed by atoms with Gasteiger partial charge in [0.25, 0.3) is 5.56 Å². The van der Waals surface area contributed by atoms with Crippen molar-refractivity contribution in [1.82, 2.24) is 14.0 Å². The van der Waals surface area contributed by atoms with E-state index in [1.165, 1.54) is 36.3 Å². The fourth-order valence-corrected chi connectivity index (χ4v) is 3.06. The molecule has 0 saturated carbocycles. The molecule has 0 radical (unpaired) electrons. The molecule has 0 bridgehead atoms. The van der Waals surface area contributed by atoms with Gasteiger partial charge in [0.1, 0.15) is 12.4 Å². The van der Waals surface area contributed by atoms with Crippen molar-refractivity contribution in [2.45, 2.75) is 25.1 Å². The van der Waals surface area contributed by atoms with Crippen LogP contribution < -0.4 is 11.2 Å². The van der Waals surface area contributed by atoms with Crippen LogP contribution in [0.2, 0.25) is 0 Å². The van der Waals surface area contributed by atoms with Crippen LogP contribution in [0, 0.1) is 5.82 Å². The number of amides is 1. The normalized spacial score (nSPS) is 20.0. The molecule has 0 spiro atoms. The zero-order chi connectivity index (χ0) is 18.1. The highest BCUT2D eigenvalue weighted by molar-refractivity contribution is 5.77. The number of benzene rings is 1. The Balaban J connectivity index is 1.85. The second kappa shape index (κ2) is 6.64. The van der Waals surface area contributed by atoms with Gasteiger partial charge in [-0.05, 0) is 24.1 Å². The van der Waals surface area contributed by atoms with Crippen molar-refractivity contribution in [3.63, 3.8) is 0 Å². The van der Waals surface area contributed by atoms with Crippen molar-refractivity contribution in [3.8, 4) is 0 Å². The molecule has 2 aromatic rings. The average Bonchev–Trinajstić information content (AvgIpc) is 2.98. The van der Waals surface area contributed by atoms with Crippen LogP contribution in [0.1, 0.15) is 18.0 Å². The molecule has 1 aliphatic rings. The number of aromatic nitrogens is 2. The molecule has 2 atom stereocenters. The monoisotopic (exact) mass is 347 g/mol. The largest absolute Gasteiger partial charge is 0.391 e. The summed E-state index contributed by atoms with van der Waals surface area (Å²) in [4.78, 5) is 37.6. The number of carbonyl (C=O) groups is 1. The van der Waals surface area contributed by atoms with E-state index >= 15 is 0 Å². The first kappa shape index (κ1) is 17.1. The fourth-order valence-electron chi connectivity index (χ4n) is 3.06. The van der Waals surface area contributed by atoms with Gasteiger partial charge in [0.15, 0.2) is 0 Å². The summed E-state index contributed by atoms with van der Waals surface area (Å²) >= 11 is 0. The molecule has 1 aromatic heterocycles. The van der Waals surface area contributed by atoms with E-state index in [4.69, 9.17) is 0 Å². The first-order chi connectivity index (χ1) is 11.9. The standard InChI is InChI=1S/C17H18FN3O4/c1-19-15(23)6-7-20(17(19)25)10-16(24)21-9-13(22)8-14(21)11-2-4-12(18)5-3-11/h2-7,13-14,22H,8-10H2,1H3/t13-,14-/m1/s1. The Morgan fingerprint density at radius 2 is 1.92 bits per heavy atom. The number of hydrogen-bond acceptors (Lipinski definition) is 4. The maximum atomic E-state index is 13.1. The number of rotatable bonds is 3. The van der Waals surface area contributed by atoms with Gasteiger partial charge in [0, 0.05) is 25.9 Å². The highest BCUT2D eigenvalue weighted by atomic mass is 19.1. The second-order valence-electron chi connectivity index (χ2n) is 6.13. The molecule has 1 fully saturated rings. The molecule has 25 heavy (non-hydrogen) atoms. The van der Waals surface area contributed by atoms with Gasteiger partial charge in [-0.3, -0.25) is 18.7 Å². The van der Waals surface area contributed by atoms with E-state index in [1.807, 2.05) is 0 Å². The molecule has 0 aliphatic carbocycles. The van der Waals surface area contributed by atoms with E-state index in [9.17, 15) is 23.9 Å². The van der Waals surface area contributed by atoms with E-state index in [1.54, 1.807) is 12.1 Å². The Labute approximate surface area is 142 Å². The first-order valence-corrected chi connectivity index (χ1v) is 7.86. The van der Waals surface area contributed by atoms with Crippen molar-refractivity contribution in [1.29, 1.82) is 0 Å². The van der Waals surface area contributed by atoms with Crippen LogP contribution in [0.5, 0.6) is 0 Å². The van der Waals surface area contributed by atoms with E-state index < -0.39 is 17.4 Å². The van der Waals surface area contributed by atoms with E-state index in [2.05, 4.69) is 0 Å². The Hall–Kier alpha value is -2.74. The number of aliphatic hydroxyl groups is 1. The number of aliphatic hydroxyl groups excluding tert-OH is 1. The molecule has 1 aromatic carbocycles. The van der Waals surface area contributed by atoms with Crippen LogP contribution >= 0.6 is 0 Å². The van der Waals surface area contributed by atoms with Gasteiger partial charge in [0.2, 0.25) is 5.91 Å². The highest BCUT2D eigenvalue weighted by Crippen LogP contribution is 2.32. The van der Waals surface area contributed by atoms with Gasteiger partial charge in [-0.15, -0.1) is 0 Å². The molecule has 1 amide bonds. The fraction of sp³-hybridized carbons (Fsp3) is 0.353. The molecular formula is C17H18FN3O4. The number of β-amino-alcohol motifs (C(OH)–C–C–N with tert-alkyl or cyclic N) is 1. The minimum absolute atomic E-state index is 0.140. The van der Waals surface area contributed by atoms with E-state index in [0.717, 1.165) is 14.7 Å². The molecule has 1 saturated heterocycles. The van der Waals surface area contributed by atoms with Gasteiger partial charge < -0.3 is 10.0 Å². The molecular weight excluding hydrogens is 329 g/mol. The molecule has 0 unspecified atom stereocenters. The predicted molar refractivity (Wildman–Crippen MR) is 87.4 cm³/mol. The van der Waals surface area contributed by atoms with E-state index in [0.29, 0.717) is 6.42 Å². The summed E-state index contributed by atoms with van der Waals surface area (Å²) in [5.74, 6) is -0.733. The summed E-state index contributed by atoms with van der Waals surface area (Å²) in [5, 5.41) is 9.95. The van der Waals surface area contributed by atoms with Gasteiger partial charge >= 0.3 is 5.69 Å². The van der Waals surface area contributed by atoms with Crippen molar-refractivity contribution < 1.29 is 14.3 Å². The SMILES string of the molecule is Cn1c(=O)ccn(CC(=O)N2C[C@H](O)C[C@@H]2c2ccc(F)cc2)c1=O. The molecule has 1 N–H and O–H groups in total. The Kier molecular flexibility index (Phi) is 4.54. The lowest BCUT2D eigenvalue weighted by atomic mass is 10.0. The summed E-state index contributed by atoms with van der Waals surface area (Å²) in [6, 6.07) is 6.60. The van der Waals surface area contributed by atoms with Crippen LogP contribution in [0.15, 0.2) is 46.1 Å². The van der Waals surface area contributed by atoms with E-state index in [-0.39, 0.29) is 30.9 Å². The second-order valence-corrected chi connectivity index (χ2v) is 6.13. The molecule has 2 heterocycles. The third kappa shape index (κ3) is 3.39. The van der Waals surface area contributed by atoms with Crippen LogP contribution in [0.25, 0.3) is 0 Å². The Morgan fingerprint density at radius 1 is 1.24 bits per heavy atom. The van der Waals surface area contributed by atoms with Crippen molar-refractivity contribution >= 4 is 5.91 Å². The summed E-state index contributed by atoms with van der Waals surface area (Å²) < 4.78 is 15.2. The van der Waals surface area contributed by atoms with Crippen LogP contribution in [0.4, 0.5) is 4.39 Å². The third-order valence-corrected chi connectivity index (χ3v) is 4.42. The summed E-state index contributed by atoms with van der Waals surface area (Å²) in [6.45, 7) is -0.0985. The number of halogens is 1. The topological polar surface area (TPSA) is 84.5 Å². The Bertz CT molecular complexity index is 903. The van der Waals surface area contributed by atoms with Crippen molar-refractivity contribution in [2.24, 2.45) is 7.05 Å². The summed E-state index contributed by atoms with van der Waals surface area (Å²) in [5.41, 5.74) is -0.312. The zero-order valence-electron chi connectivity index (χ0n) is 13.6. The van der Waals surface area contributed by atoms with Crippen molar-refractivity contribution in [2.75, 3.05) is 6.54 Å². The molecule has 1 aliphatic heterocycles. The van der Waals surface area contributed by atoms with Gasteiger partial charge in [-0.2, -0.15) is 0 Å². The number of carbonyl (C=O) groups excluding carboxylic acids is 1. The third-order valence-electron chi connectivity index (χ3n) is 4.42. The van der Waals surface area contributed by atoms with Crippen LogP contribution in [0.3, 0.4) is 0 Å². The lowest BCUT2D eigenvalue weighted by Crippen LogP contribution is -2.41. The molecule has 3 rings (SSSR count). The van der Waals surface area contributed by atoms with Gasteiger partial charge in [0.05, 0.1) is 12.1 Å². The first-order valence-electron chi connectivity index (χ1n) is 7.86. The van der Waals surface area contributed by atoms with Gasteiger partial charge in [-0.1, -0.05) is 12.1 Å². The lowest BCUT2D eigenvalue weighted by Gasteiger charge is -2.25. The average molecular weight is 347 g/mol. The zero-order valence-corrected chi connectivity index (χ0v) is 13.6. The smallest absolute Gasteiger partial charge is 0.331 e. The summed E-state index contributed by atoms with van der Waals surface area (Å²) in [7, 11) is 1.34. The quantitative estimate of drug-likeness (QED) is 0.848. The number of likely N-dealkylation sites (tertiary alicyclic amines) is 1. The number of nitrogens with zero attached hydrogens (tertiary/aromatic N) is 3. The van der Waals surface area contributed by atoms with Crippen molar-refractivity contribution in [3.05, 3.63) is 68.7 Å². The van der Waals surface area contributed by atoms with Crippen LogP contribution in [-0.4, -0.2) is 37.7 Å². The van der Waals surface area contributed by atoms with Crippen LogP contribution in [-0.2, 0) is 18.4 Å². The minimum Gasteiger partial charge on any atom is -0.391 e. The highest BCUT2D eigenvalue weighted by Gasteiger charge is 2.35. The molecule has 132 valence electrons. The maximum Gasteiger partial charge on any atom is 0.331 e. The molecule has 7 nitrogen and oxygen atoms in total.